The van der Waals surface area contributed by atoms with Crippen LogP contribution in [0.5, 0.6) is 5.88 Å². The fourth-order valence-electron chi connectivity index (χ4n) is 4.24. The van der Waals surface area contributed by atoms with Gasteiger partial charge in [0.15, 0.2) is 5.88 Å². The average molecular weight is 503 g/mol. The number of nitrogens with one attached hydrogen (secondary N) is 1. The number of anilines is 1. The first-order chi connectivity index (χ1) is 17.4. The molecule has 1 amide bonds. The van der Waals surface area contributed by atoms with Crippen LogP contribution in [0.4, 0.5) is 11.4 Å². The fourth-order valence-corrected chi connectivity index (χ4v) is 4.41. The van der Waals surface area contributed by atoms with Gasteiger partial charge in [-0.05, 0) is 49.5 Å². The molecule has 7 heteroatoms. The van der Waals surface area contributed by atoms with E-state index in [2.05, 4.69) is 23.7 Å². The van der Waals surface area contributed by atoms with E-state index < -0.39 is 0 Å². The number of aromatic nitrogens is 1. The summed E-state index contributed by atoms with van der Waals surface area (Å²) in [5, 5.41) is 12.2. The molecular formula is C29H31ClN4O2. The number of hydrogen-bond acceptors (Lipinski definition) is 4. The number of aromatic amines is 1. The largest absolute Gasteiger partial charge is 0.494 e. The topological polar surface area (TPSA) is 71.9 Å². The summed E-state index contributed by atoms with van der Waals surface area (Å²) in [6.45, 7) is 6.82. The van der Waals surface area contributed by atoms with Crippen LogP contribution in [0.2, 0.25) is 5.02 Å². The summed E-state index contributed by atoms with van der Waals surface area (Å²) in [5.41, 5.74) is 4.38. The first-order valence-corrected chi connectivity index (χ1v) is 12.5. The van der Waals surface area contributed by atoms with E-state index in [4.69, 9.17) is 16.6 Å². The van der Waals surface area contributed by atoms with E-state index in [1.807, 2.05) is 60.7 Å². The van der Waals surface area contributed by atoms with Gasteiger partial charge in [0.05, 0.1) is 22.5 Å². The monoisotopic (exact) mass is 502 g/mol. The molecule has 0 fully saturated rings. The summed E-state index contributed by atoms with van der Waals surface area (Å²) in [7, 11) is 1.80. The number of carbonyl (C=O) groups excluding carboxylic acids is 1. The average Bonchev–Trinajstić information content (AvgIpc) is 3.22. The van der Waals surface area contributed by atoms with Crippen molar-refractivity contribution in [3.05, 3.63) is 88.9 Å². The lowest BCUT2D eigenvalue weighted by molar-refractivity contribution is -0.118. The SMILES string of the molecule is CCN(CC)CCC(=O)N(C)c1ccc(N=C(c2ccccc2)c2c(O)[nH]c3cc(Cl)ccc23)cc1. The van der Waals surface area contributed by atoms with Crippen molar-refractivity contribution in [3.63, 3.8) is 0 Å². The normalized spacial score (nSPS) is 11.9. The molecule has 0 unspecified atom stereocenters. The molecule has 3 aromatic carbocycles. The van der Waals surface area contributed by atoms with Gasteiger partial charge in [-0.25, -0.2) is 4.99 Å². The first kappa shape index (κ1) is 25.5. The third kappa shape index (κ3) is 5.61. The van der Waals surface area contributed by atoms with E-state index in [0.717, 1.165) is 41.8 Å². The van der Waals surface area contributed by atoms with E-state index >= 15 is 0 Å². The Hall–Kier alpha value is -3.61. The van der Waals surface area contributed by atoms with E-state index in [9.17, 15) is 9.90 Å². The predicted octanol–water partition coefficient (Wildman–Crippen LogP) is 6.39. The van der Waals surface area contributed by atoms with Gasteiger partial charge in [0.1, 0.15) is 0 Å². The van der Waals surface area contributed by atoms with E-state index in [-0.39, 0.29) is 11.8 Å². The maximum absolute atomic E-state index is 12.7. The Morgan fingerprint density at radius 2 is 1.69 bits per heavy atom. The van der Waals surface area contributed by atoms with Gasteiger partial charge in [0.25, 0.3) is 0 Å². The number of amides is 1. The van der Waals surface area contributed by atoms with Crippen LogP contribution < -0.4 is 4.90 Å². The smallest absolute Gasteiger partial charge is 0.228 e. The lowest BCUT2D eigenvalue weighted by atomic mass is 10.0. The van der Waals surface area contributed by atoms with E-state index in [1.54, 1.807) is 24.1 Å². The van der Waals surface area contributed by atoms with Gasteiger partial charge in [-0.3, -0.25) is 4.79 Å². The molecule has 0 saturated carbocycles. The summed E-state index contributed by atoms with van der Waals surface area (Å²) < 4.78 is 0. The Kier molecular flexibility index (Phi) is 8.08. The molecule has 36 heavy (non-hydrogen) atoms. The predicted molar refractivity (Wildman–Crippen MR) is 149 cm³/mol. The molecule has 0 aliphatic carbocycles. The van der Waals surface area contributed by atoms with Crippen LogP contribution >= 0.6 is 11.6 Å². The third-order valence-corrected chi connectivity index (χ3v) is 6.65. The molecular weight excluding hydrogens is 472 g/mol. The quantitative estimate of drug-likeness (QED) is 0.260. The van der Waals surface area contributed by atoms with Crippen molar-refractivity contribution in [2.75, 3.05) is 31.6 Å². The molecule has 1 heterocycles. The summed E-state index contributed by atoms with van der Waals surface area (Å²) in [6.07, 6.45) is 0.472. The number of carbonyl (C=O) groups is 1. The number of halogens is 1. The Labute approximate surface area is 216 Å². The summed E-state index contributed by atoms with van der Waals surface area (Å²) in [6, 6.07) is 22.8. The minimum absolute atomic E-state index is 0.0324. The second kappa shape index (κ2) is 11.4. The van der Waals surface area contributed by atoms with Crippen molar-refractivity contribution < 1.29 is 9.90 Å². The zero-order valence-electron chi connectivity index (χ0n) is 20.8. The standard InChI is InChI=1S/C29H31ClN4O2/c1-4-34(5-2)18-17-26(35)33(3)23-14-12-22(13-15-23)31-28(20-9-7-6-8-10-20)27-24-16-11-21(30)19-25(24)32-29(27)36/h6-16,19,32,36H,4-5,17-18H2,1-3H3. The molecule has 2 N–H and O–H groups in total. The maximum atomic E-state index is 12.7. The van der Waals surface area contributed by atoms with Gasteiger partial charge in [-0.1, -0.05) is 61.8 Å². The molecule has 4 aromatic rings. The highest BCUT2D eigenvalue weighted by atomic mass is 35.5. The molecule has 186 valence electrons. The summed E-state index contributed by atoms with van der Waals surface area (Å²) in [4.78, 5) is 24.6. The Bertz CT molecular complexity index is 1360. The molecule has 0 spiro atoms. The van der Waals surface area contributed by atoms with Crippen LogP contribution in [-0.2, 0) is 4.79 Å². The number of aliphatic imine (C=N–C) groups is 1. The highest BCUT2D eigenvalue weighted by Gasteiger charge is 2.19. The molecule has 1 aromatic heterocycles. The molecule has 4 rings (SSSR count). The lowest BCUT2D eigenvalue weighted by Gasteiger charge is -2.21. The van der Waals surface area contributed by atoms with Crippen molar-refractivity contribution in [2.45, 2.75) is 20.3 Å². The number of hydrogen-bond donors (Lipinski definition) is 2. The van der Waals surface area contributed by atoms with Gasteiger partial charge in [0, 0.05) is 41.7 Å². The number of fused-ring (bicyclic) bond motifs is 1. The van der Waals surface area contributed by atoms with Gasteiger partial charge in [0.2, 0.25) is 5.91 Å². The number of benzene rings is 3. The molecule has 0 aliphatic rings. The van der Waals surface area contributed by atoms with Gasteiger partial charge in [-0.15, -0.1) is 0 Å². The van der Waals surface area contributed by atoms with Crippen molar-refractivity contribution in [2.24, 2.45) is 4.99 Å². The van der Waals surface area contributed by atoms with Crippen LogP contribution in [-0.4, -0.2) is 53.3 Å². The number of nitrogens with zero attached hydrogens (tertiary/aromatic N) is 3. The maximum Gasteiger partial charge on any atom is 0.228 e. The highest BCUT2D eigenvalue weighted by Crippen LogP contribution is 2.33. The first-order valence-electron chi connectivity index (χ1n) is 12.1. The number of aromatic hydroxyl groups is 1. The van der Waals surface area contributed by atoms with Crippen LogP contribution in [0.3, 0.4) is 0 Å². The number of rotatable bonds is 9. The van der Waals surface area contributed by atoms with Gasteiger partial charge >= 0.3 is 0 Å². The molecule has 0 aliphatic heterocycles. The fraction of sp³-hybridized carbons (Fsp3) is 0.241. The molecule has 0 radical (unpaired) electrons. The van der Waals surface area contributed by atoms with Gasteiger partial charge < -0.3 is 19.9 Å². The van der Waals surface area contributed by atoms with Crippen molar-refractivity contribution in [3.8, 4) is 5.88 Å². The minimum atomic E-state index is 0.0324. The molecule has 0 saturated heterocycles. The summed E-state index contributed by atoms with van der Waals surface area (Å²) >= 11 is 6.16. The van der Waals surface area contributed by atoms with Crippen molar-refractivity contribution >= 4 is 45.5 Å². The van der Waals surface area contributed by atoms with E-state index in [1.165, 1.54) is 0 Å². The second-order valence-electron chi connectivity index (χ2n) is 8.61. The number of H-pyrrole nitrogens is 1. The minimum Gasteiger partial charge on any atom is -0.494 e. The van der Waals surface area contributed by atoms with Crippen LogP contribution in [0, 0.1) is 0 Å². The molecule has 6 nitrogen and oxygen atoms in total. The lowest BCUT2D eigenvalue weighted by Crippen LogP contribution is -2.32. The van der Waals surface area contributed by atoms with Crippen molar-refractivity contribution in [1.82, 2.24) is 9.88 Å². The van der Waals surface area contributed by atoms with Crippen molar-refractivity contribution in [1.29, 1.82) is 0 Å². The second-order valence-corrected chi connectivity index (χ2v) is 9.05. The van der Waals surface area contributed by atoms with E-state index in [0.29, 0.717) is 28.4 Å². The molecule has 0 bridgehead atoms. The Morgan fingerprint density at radius 1 is 1.00 bits per heavy atom. The highest BCUT2D eigenvalue weighted by molar-refractivity contribution is 6.31. The van der Waals surface area contributed by atoms with Crippen LogP contribution in [0.25, 0.3) is 10.9 Å². The third-order valence-electron chi connectivity index (χ3n) is 6.41. The molecule has 0 atom stereocenters. The Balaban J connectivity index is 1.65. The van der Waals surface area contributed by atoms with Crippen LogP contribution in [0.15, 0.2) is 77.8 Å². The zero-order chi connectivity index (χ0) is 25.7. The summed E-state index contributed by atoms with van der Waals surface area (Å²) in [5.74, 6) is 0.107. The Morgan fingerprint density at radius 3 is 2.36 bits per heavy atom. The van der Waals surface area contributed by atoms with Gasteiger partial charge in [-0.2, -0.15) is 0 Å². The zero-order valence-corrected chi connectivity index (χ0v) is 21.6. The van der Waals surface area contributed by atoms with Crippen LogP contribution in [0.1, 0.15) is 31.4 Å².